The van der Waals surface area contributed by atoms with Gasteiger partial charge in [0.2, 0.25) is 0 Å². The van der Waals surface area contributed by atoms with E-state index in [1.807, 2.05) is 7.05 Å². The van der Waals surface area contributed by atoms with Gasteiger partial charge in [-0.05, 0) is 243 Å². The van der Waals surface area contributed by atoms with Gasteiger partial charge in [-0.1, -0.05) is 297 Å². The van der Waals surface area contributed by atoms with Crippen LogP contribution < -0.4 is 26.6 Å². The molecule has 0 heterocycles. The number of anilines is 9. The molecule has 22 rings (SSSR count). The second-order valence-electron chi connectivity index (χ2n) is 29.4. The molecule has 0 saturated carbocycles. The van der Waals surface area contributed by atoms with Crippen LogP contribution >= 0.6 is 0 Å². The van der Waals surface area contributed by atoms with Crippen molar-refractivity contribution in [3.8, 4) is 44.5 Å². The van der Waals surface area contributed by atoms with Gasteiger partial charge in [0.05, 0.1) is 10.8 Å². The summed E-state index contributed by atoms with van der Waals surface area (Å²) in [6, 6.07) is 141. The van der Waals surface area contributed by atoms with Crippen LogP contribution in [0.1, 0.15) is 61.2 Å². The molecule has 0 atom stereocenters. The first-order valence-corrected chi connectivity index (χ1v) is 38.1. The summed E-state index contributed by atoms with van der Waals surface area (Å²) in [6.07, 6.45) is 0.887. The predicted octanol–water partition coefficient (Wildman–Crippen LogP) is 27.3. The van der Waals surface area contributed by atoms with E-state index in [0.717, 1.165) is 57.6 Å². The summed E-state index contributed by atoms with van der Waals surface area (Å²) in [6.45, 7) is 2.12. The van der Waals surface area contributed by atoms with Gasteiger partial charge in [0, 0.05) is 69.0 Å². The first-order chi connectivity index (χ1) is 54.3. The Labute approximate surface area is 641 Å². The van der Waals surface area contributed by atoms with Gasteiger partial charge in [0.25, 0.3) is 0 Å². The third-order valence-electron chi connectivity index (χ3n) is 23.2. The fraction of sp³-hybridized carbons (Fsp3) is 0.0476. The Kier molecular flexibility index (Phi) is 16.1. The average molecular weight is 1410 g/mol. The van der Waals surface area contributed by atoms with E-state index in [-0.39, 0.29) is 10.8 Å². The summed E-state index contributed by atoms with van der Waals surface area (Å²) in [4.78, 5) is 0. The molecule has 2 spiro atoms. The Morgan fingerprint density at radius 1 is 0.209 bits per heavy atom. The standard InChI is InChI=1S/C41H30N2.C32H24N2.C32H23N/c1-3-11-34-30(9-1)26-40(38-15-7-5-13-36(34)38)42-32-21-17-28(18-22-32)25-29-19-23-33(24-20-29)43-41-27-31-10-2-4-12-35(31)37-14-6-8-16-39(37)41;1-33-21-14-16-22(17-15-21)34-23-18-19-27-26-10-4-7-13-30(26)32(31(27)20-23)28-11-5-2-8-24(28)25-9-3-6-12-29(25)32;1-21-14-16-22(17-15-21)33-23-18-19-27-26-10-4-7-13-30(26)32(31(27)20-23)28-11-5-2-8-24(28)25-9-3-6-12-29(25)32/h1-24,26-27,42-43H,25H2;2-20,33-34H,1H3;2-20,33H,1H3. The van der Waals surface area contributed by atoms with Crippen LogP contribution in [0.3, 0.4) is 0 Å². The van der Waals surface area contributed by atoms with Crippen molar-refractivity contribution in [3.05, 3.63) is 449 Å². The minimum absolute atomic E-state index is 0.288. The lowest BCUT2D eigenvalue weighted by atomic mass is 9.70. The number of rotatable bonds is 11. The molecule has 18 aromatic carbocycles. The fourth-order valence-electron chi connectivity index (χ4n) is 18.3. The molecule has 0 saturated heterocycles. The molecule has 0 bridgehead atoms. The van der Waals surface area contributed by atoms with Crippen molar-refractivity contribution in [2.24, 2.45) is 0 Å². The molecule has 18 aromatic rings. The van der Waals surface area contributed by atoms with Crippen LogP contribution in [0.5, 0.6) is 0 Å². The third-order valence-corrected chi connectivity index (χ3v) is 23.2. The van der Waals surface area contributed by atoms with Gasteiger partial charge in [0.1, 0.15) is 0 Å². The normalized spacial score (nSPS) is 12.8. The van der Waals surface area contributed by atoms with Crippen molar-refractivity contribution >= 4 is 94.3 Å². The van der Waals surface area contributed by atoms with Gasteiger partial charge in [0.15, 0.2) is 0 Å². The third kappa shape index (κ3) is 11.0. The molecule has 0 aromatic heterocycles. The quantitative estimate of drug-likeness (QED) is 0.0836. The van der Waals surface area contributed by atoms with Crippen molar-refractivity contribution in [2.75, 3.05) is 33.6 Å². The van der Waals surface area contributed by atoms with E-state index in [2.05, 4.69) is 422 Å². The lowest BCUT2D eigenvalue weighted by Crippen LogP contribution is -2.25. The number of hydrogen-bond donors (Lipinski definition) is 5. The number of fused-ring (bicyclic) bond motifs is 26. The fourth-order valence-corrected chi connectivity index (χ4v) is 18.3. The topological polar surface area (TPSA) is 60.1 Å². The molecule has 5 nitrogen and oxygen atoms in total. The summed E-state index contributed by atoms with van der Waals surface area (Å²) in [5, 5.41) is 27.9. The van der Waals surface area contributed by atoms with E-state index in [9.17, 15) is 0 Å². The van der Waals surface area contributed by atoms with Gasteiger partial charge in [-0.2, -0.15) is 0 Å². The summed E-state index contributed by atoms with van der Waals surface area (Å²) in [5.41, 5.74) is 34.8. The molecule has 522 valence electrons. The lowest BCUT2D eigenvalue weighted by Gasteiger charge is -2.30. The van der Waals surface area contributed by atoms with Crippen LogP contribution in [0, 0.1) is 6.92 Å². The Morgan fingerprint density at radius 2 is 0.473 bits per heavy atom. The maximum atomic E-state index is 3.68. The maximum absolute atomic E-state index is 3.68. The van der Waals surface area contributed by atoms with Crippen LogP contribution in [-0.2, 0) is 17.3 Å². The number of hydrogen-bond acceptors (Lipinski definition) is 5. The molecule has 4 aliphatic carbocycles. The van der Waals surface area contributed by atoms with Gasteiger partial charge < -0.3 is 26.6 Å². The molecule has 0 amide bonds. The molecule has 0 unspecified atom stereocenters. The Balaban J connectivity index is 0.000000109. The minimum Gasteiger partial charge on any atom is -0.388 e. The van der Waals surface area contributed by atoms with Crippen molar-refractivity contribution in [1.29, 1.82) is 0 Å². The largest absolute Gasteiger partial charge is 0.388 e. The van der Waals surface area contributed by atoms with Crippen molar-refractivity contribution in [2.45, 2.75) is 24.2 Å². The summed E-state index contributed by atoms with van der Waals surface area (Å²) in [7, 11) is 1.94. The van der Waals surface area contributed by atoms with Crippen LogP contribution in [0.4, 0.5) is 51.2 Å². The van der Waals surface area contributed by atoms with Crippen molar-refractivity contribution in [3.63, 3.8) is 0 Å². The minimum atomic E-state index is -0.299. The van der Waals surface area contributed by atoms with Crippen LogP contribution in [0.25, 0.3) is 87.6 Å². The van der Waals surface area contributed by atoms with Gasteiger partial charge >= 0.3 is 0 Å². The summed E-state index contributed by atoms with van der Waals surface area (Å²) in [5.74, 6) is 0. The van der Waals surface area contributed by atoms with Crippen LogP contribution in [0.15, 0.2) is 388 Å². The smallest absolute Gasteiger partial charge is 0.0726 e. The first-order valence-electron chi connectivity index (χ1n) is 38.1. The summed E-state index contributed by atoms with van der Waals surface area (Å²) >= 11 is 0. The van der Waals surface area contributed by atoms with Crippen LogP contribution in [-0.4, -0.2) is 7.05 Å². The van der Waals surface area contributed by atoms with Crippen LogP contribution in [0.2, 0.25) is 0 Å². The second kappa shape index (κ2) is 27.1. The van der Waals surface area contributed by atoms with Gasteiger partial charge in [-0.15, -0.1) is 0 Å². The van der Waals surface area contributed by atoms with E-state index in [1.54, 1.807) is 0 Å². The van der Waals surface area contributed by atoms with E-state index >= 15 is 0 Å². The highest BCUT2D eigenvalue weighted by Crippen LogP contribution is 2.65. The molecule has 110 heavy (non-hydrogen) atoms. The highest BCUT2D eigenvalue weighted by molar-refractivity contribution is 6.15. The van der Waals surface area contributed by atoms with Crippen molar-refractivity contribution < 1.29 is 0 Å². The van der Waals surface area contributed by atoms with E-state index < -0.39 is 0 Å². The molecule has 4 aliphatic rings. The maximum Gasteiger partial charge on any atom is 0.0726 e. The molecule has 5 heteroatoms. The Hall–Kier alpha value is -14.0. The highest BCUT2D eigenvalue weighted by atomic mass is 14.9. The Morgan fingerprint density at radius 3 is 0.827 bits per heavy atom. The predicted molar refractivity (Wildman–Crippen MR) is 464 cm³/mol. The molecular weight excluding hydrogens is 1330 g/mol. The van der Waals surface area contributed by atoms with E-state index in [4.69, 9.17) is 0 Å². The molecule has 0 fully saturated rings. The van der Waals surface area contributed by atoms with E-state index in [1.165, 1.54) is 149 Å². The highest BCUT2D eigenvalue weighted by Gasteiger charge is 2.53. The second-order valence-corrected chi connectivity index (χ2v) is 29.4. The summed E-state index contributed by atoms with van der Waals surface area (Å²) < 4.78 is 0. The van der Waals surface area contributed by atoms with Gasteiger partial charge in [-0.3, -0.25) is 0 Å². The van der Waals surface area contributed by atoms with Crippen molar-refractivity contribution in [1.82, 2.24) is 0 Å². The van der Waals surface area contributed by atoms with E-state index in [0.29, 0.717) is 0 Å². The molecule has 0 radical (unpaired) electrons. The molecular formula is C105H77N5. The lowest BCUT2D eigenvalue weighted by molar-refractivity contribution is 0.794. The van der Waals surface area contributed by atoms with Gasteiger partial charge in [-0.25, -0.2) is 0 Å². The SMILES string of the molecule is CNc1ccc(Nc2ccc3c(c2)C2(c4ccccc4-c4ccccc42)c2ccccc2-3)cc1.Cc1ccc(Nc2ccc3c(c2)C2(c4ccccc4-c4ccccc42)c2ccccc2-3)cc1.c1ccc2c(c1)cc(Nc1ccc(Cc3ccc(Nc4cc5ccccc5c5ccccc45)cc3)cc1)c1ccccc12. The molecule has 0 aliphatic heterocycles. The average Bonchev–Trinajstić information content (AvgIpc) is 1.52. The number of aryl methyl sites for hydroxylation is 1. The zero-order valence-corrected chi connectivity index (χ0v) is 61.2. The monoisotopic (exact) mass is 1410 g/mol. The molecule has 5 N–H and O–H groups in total. The number of nitrogens with one attached hydrogen (secondary N) is 5. The number of benzene rings is 18. The first kappa shape index (κ1) is 65.5. The zero-order chi connectivity index (χ0) is 73.3. The zero-order valence-electron chi connectivity index (χ0n) is 61.2. The Bertz CT molecular complexity index is 6320.